The van der Waals surface area contributed by atoms with Crippen LogP contribution in [0.4, 0.5) is 0 Å². The lowest BCUT2D eigenvalue weighted by atomic mass is 10.1. The molecule has 1 fully saturated rings. The van der Waals surface area contributed by atoms with Crippen molar-refractivity contribution in [2.24, 2.45) is 0 Å². The van der Waals surface area contributed by atoms with Crippen molar-refractivity contribution in [1.29, 1.82) is 0 Å². The van der Waals surface area contributed by atoms with E-state index in [1.807, 2.05) is 6.92 Å². The summed E-state index contributed by atoms with van der Waals surface area (Å²) in [5, 5.41) is 27.6. The van der Waals surface area contributed by atoms with Crippen LogP contribution >= 0.6 is 0 Å². The minimum Gasteiger partial charge on any atom is -0.478 e. The molecule has 6 nitrogen and oxygen atoms in total. The second-order valence-electron chi connectivity index (χ2n) is 5.15. The highest BCUT2D eigenvalue weighted by Crippen LogP contribution is 2.17. The van der Waals surface area contributed by atoms with Crippen LogP contribution in [0.5, 0.6) is 0 Å². The van der Waals surface area contributed by atoms with Gasteiger partial charge in [0, 0.05) is 24.7 Å². The number of carboxylic acids is 1. The maximum atomic E-state index is 12.3. The molecule has 1 aliphatic rings. The molecular formula is C15H17NO5. The lowest BCUT2D eigenvalue weighted by Gasteiger charge is -2.16. The number of nitrogens with zero attached hydrogens (tertiary/aromatic N) is 1. The van der Waals surface area contributed by atoms with E-state index in [-0.39, 0.29) is 19.0 Å². The number of carbonyl (C=O) groups is 2. The van der Waals surface area contributed by atoms with Crippen LogP contribution in [0.1, 0.15) is 21.5 Å². The SMILES string of the molecule is Cc1cc(/C=C/C(=O)O)cc(C(=O)N2CC(O)C(O)C2)c1. The zero-order valence-corrected chi connectivity index (χ0v) is 11.6. The summed E-state index contributed by atoms with van der Waals surface area (Å²) < 4.78 is 0. The number of rotatable bonds is 3. The number of β-amino-alcohol motifs (C(OH)–C–C–N with tert-alkyl or cyclic N) is 2. The van der Waals surface area contributed by atoms with Gasteiger partial charge in [-0.3, -0.25) is 4.79 Å². The monoisotopic (exact) mass is 291 g/mol. The van der Waals surface area contributed by atoms with Gasteiger partial charge in [-0.05, 0) is 36.3 Å². The second kappa shape index (κ2) is 6.07. The number of aliphatic carboxylic acids is 1. The Balaban J connectivity index is 2.23. The van der Waals surface area contributed by atoms with Gasteiger partial charge < -0.3 is 20.2 Å². The van der Waals surface area contributed by atoms with Crippen molar-refractivity contribution in [3.63, 3.8) is 0 Å². The molecule has 1 heterocycles. The second-order valence-corrected chi connectivity index (χ2v) is 5.15. The number of hydrogen-bond acceptors (Lipinski definition) is 4. The van der Waals surface area contributed by atoms with Crippen molar-refractivity contribution >= 4 is 18.0 Å². The number of benzene rings is 1. The van der Waals surface area contributed by atoms with Gasteiger partial charge in [-0.15, -0.1) is 0 Å². The standard InChI is InChI=1S/C15H17NO5/c1-9-4-10(2-3-14(19)20)6-11(5-9)15(21)16-7-12(17)13(18)8-16/h2-6,12-13,17-18H,7-8H2,1H3,(H,19,20)/b3-2+. The third-order valence-corrected chi connectivity index (χ3v) is 3.31. The maximum Gasteiger partial charge on any atom is 0.328 e. The Hall–Kier alpha value is -2.18. The van der Waals surface area contributed by atoms with E-state index in [2.05, 4.69) is 0 Å². The molecule has 1 aromatic carbocycles. The summed E-state index contributed by atoms with van der Waals surface area (Å²) in [5.74, 6) is -1.35. The average molecular weight is 291 g/mol. The van der Waals surface area contributed by atoms with E-state index in [4.69, 9.17) is 5.11 Å². The van der Waals surface area contributed by atoms with E-state index in [1.165, 1.54) is 11.0 Å². The zero-order valence-electron chi connectivity index (χ0n) is 11.6. The molecule has 1 aromatic rings. The van der Waals surface area contributed by atoms with Gasteiger partial charge in [0.25, 0.3) is 5.91 Å². The predicted molar refractivity (Wildman–Crippen MR) is 75.8 cm³/mol. The fourth-order valence-electron chi connectivity index (χ4n) is 2.32. The number of aliphatic hydroxyl groups excluding tert-OH is 2. The highest BCUT2D eigenvalue weighted by Gasteiger charge is 2.32. The molecule has 3 N–H and O–H groups in total. The molecule has 0 radical (unpaired) electrons. The molecule has 1 saturated heterocycles. The van der Waals surface area contributed by atoms with E-state index in [1.54, 1.807) is 18.2 Å². The molecule has 0 spiro atoms. The Morgan fingerprint density at radius 1 is 1.19 bits per heavy atom. The average Bonchev–Trinajstić information content (AvgIpc) is 2.75. The Labute approximate surface area is 121 Å². The summed E-state index contributed by atoms with van der Waals surface area (Å²) in [5.41, 5.74) is 1.84. The summed E-state index contributed by atoms with van der Waals surface area (Å²) in [6.07, 6.45) is 0.571. The lowest BCUT2D eigenvalue weighted by Crippen LogP contribution is -2.29. The van der Waals surface area contributed by atoms with Crippen molar-refractivity contribution < 1.29 is 24.9 Å². The first-order valence-electron chi connectivity index (χ1n) is 6.55. The Morgan fingerprint density at radius 2 is 1.81 bits per heavy atom. The molecule has 2 unspecified atom stereocenters. The van der Waals surface area contributed by atoms with E-state index < -0.39 is 18.2 Å². The Kier molecular flexibility index (Phi) is 4.40. The normalized spacial score (nSPS) is 22.0. The Morgan fingerprint density at radius 3 is 2.38 bits per heavy atom. The third-order valence-electron chi connectivity index (χ3n) is 3.31. The van der Waals surface area contributed by atoms with Gasteiger partial charge in [-0.25, -0.2) is 4.79 Å². The van der Waals surface area contributed by atoms with E-state index in [9.17, 15) is 19.8 Å². The number of amides is 1. The van der Waals surface area contributed by atoms with Crippen molar-refractivity contribution in [2.45, 2.75) is 19.1 Å². The van der Waals surface area contributed by atoms with Crippen LogP contribution in [0.2, 0.25) is 0 Å². The zero-order chi connectivity index (χ0) is 15.6. The van der Waals surface area contributed by atoms with E-state index in [0.717, 1.165) is 11.6 Å². The molecule has 0 aliphatic carbocycles. The largest absolute Gasteiger partial charge is 0.478 e. The van der Waals surface area contributed by atoms with Crippen LogP contribution in [0, 0.1) is 6.92 Å². The quantitative estimate of drug-likeness (QED) is 0.694. The molecule has 6 heteroatoms. The van der Waals surface area contributed by atoms with E-state index >= 15 is 0 Å². The van der Waals surface area contributed by atoms with Crippen molar-refractivity contribution in [3.05, 3.63) is 41.0 Å². The molecule has 1 aliphatic heterocycles. The summed E-state index contributed by atoms with van der Waals surface area (Å²) >= 11 is 0. The lowest BCUT2D eigenvalue weighted by molar-refractivity contribution is -0.131. The number of likely N-dealkylation sites (tertiary alicyclic amines) is 1. The van der Waals surface area contributed by atoms with Gasteiger partial charge in [0.1, 0.15) is 0 Å². The fraction of sp³-hybridized carbons (Fsp3) is 0.333. The van der Waals surface area contributed by atoms with E-state index in [0.29, 0.717) is 11.1 Å². The van der Waals surface area contributed by atoms with Crippen LogP contribution in [-0.2, 0) is 4.79 Å². The fourth-order valence-corrected chi connectivity index (χ4v) is 2.32. The third kappa shape index (κ3) is 3.68. The topological polar surface area (TPSA) is 98.1 Å². The summed E-state index contributed by atoms with van der Waals surface area (Å²) in [6.45, 7) is 1.99. The first kappa shape index (κ1) is 15.2. The molecule has 2 rings (SSSR count). The number of hydrogen-bond donors (Lipinski definition) is 3. The summed E-state index contributed by atoms with van der Waals surface area (Å²) in [7, 11) is 0. The van der Waals surface area contributed by atoms with Crippen LogP contribution < -0.4 is 0 Å². The first-order chi connectivity index (χ1) is 9.86. The molecule has 2 atom stereocenters. The molecule has 0 aromatic heterocycles. The number of carbonyl (C=O) groups excluding carboxylic acids is 1. The molecule has 21 heavy (non-hydrogen) atoms. The van der Waals surface area contributed by atoms with Gasteiger partial charge in [0.2, 0.25) is 0 Å². The van der Waals surface area contributed by atoms with Crippen LogP contribution in [-0.4, -0.2) is 57.4 Å². The molecule has 1 amide bonds. The van der Waals surface area contributed by atoms with Gasteiger partial charge >= 0.3 is 5.97 Å². The smallest absolute Gasteiger partial charge is 0.328 e. The minimum absolute atomic E-state index is 0.0915. The highest BCUT2D eigenvalue weighted by atomic mass is 16.4. The number of aliphatic hydroxyl groups is 2. The number of carboxylic acid groups (broad SMARTS) is 1. The molecule has 0 bridgehead atoms. The van der Waals surface area contributed by atoms with Crippen LogP contribution in [0.25, 0.3) is 6.08 Å². The van der Waals surface area contributed by atoms with Crippen LogP contribution in [0.3, 0.4) is 0 Å². The van der Waals surface area contributed by atoms with Gasteiger partial charge in [0.15, 0.2) is 0 Å². The minimum atomic E-state index is -1.06. The summed E-state index contributed by atoms with van der Waals surface area (Å²) in [6, 6.07) is 5.05. The van der Waals surface area contributed by atoms with Gasteiger partial charge in [-0.2, -0.15) is 0 Å². The maximum absolute atomic E-state index is 12.3. The Bertz CT molecular complexity index is 586. The van der Waals surface area contributed by atoms with Crippen LogP contribution in [0.15, 0.2) is 24.3 Å². The molecular weight excluding hydrogens is 274 g/mol. The molecule has 0 saturated carbocycles. The predicted octanol–water partition coefficient (Wildman–Crippen LogP) is 0.270. The van der Waals surface area contributed by atoms with Gasteiger partial charge in [0.05, 0.1) is 12.2 Å². The summed E-state index contributed by atoms with van der Waals surface area (Å²) in [4.78, 5) is 24.3. The van der Waals surface area contributed by atoms with Crippen molar-refractivity contribution in [1.82, 2.24) is 4.90 Å². The highest BCUT2D eigenvalue weighted by molar-refractivity contribution is 5.95. The number of aryl methyl sites for hydroxylation is 1. The first-order valence-corrected chi connectivity index (χ1v) is 6.55. The van der Waals surface area contributed by atoms with Crippen molar-refractivity contribution in [2.75, 3.05) is 13.1 Å². The van der Waals surface area contributed by atoms with Gasteiger partial charge in [-0.1, -0.05) is 6.07 Å². The van der Waals surface area contributed by atoms with Crippen molar-refractivity contribution in [3.8, 4) is 0 Å². The molecule has 112 valence electrons.